The number of hydrogen-bond donors (Lipinski definition) is 1. The van der Waals surface area contributed by atoms with E-state index in [1.165, 1.54) is 0 Å². The third kappa shape index (κ3) is 2.59. The second kappa shape index (κ2) is 5.16. The second-order valence-corrected chi connectivity index (χ2v) is 4.87. The van der Waals surface area contributed by atoms with Gasteiger partial charge in [-0.3, -0.25) is 0 Å². The van der Waals surface area contributed by atoms with E-state index in [9.17, 15) is 13.9 Å². The van der Waals surface area contributed by atoms with Crippen LogP contribution in [0.5, 0.6) is 0 Å². The monoisotopic (exact) mass is 316 g/mol. The average Bonchev–Trinajstić information content (AvgIpc) is 2.62. The number of benzene rings is 1. The molecule has 18 heavy (non-hydrogen) atoms. The third-order valence-corrected chi connectivity index (χ3v) is 3.13. The topological polar surface area (TPSA) is 38.0 Å². The van der Waals surface area contributed by atoms with Crippen LogP contribution >= 0.6 is 15.9 Å². The van der Waals surface area contributed by atoms with Gasteiger partial charge >= 0.3 is 0 Å². The minimum absolute atomic E-state index is 0.0545. The molecular formula is C12H11BrF2N2O. The minimum atomic E-state index is -1.26. The number of aliphatic hydroxyl groups is 1. The number of hydrogen-bond acceptors (Lipinski definition) is 2. The third-order valence-electron chi connectivity index (χ3n) is 2.67. The van der Waals surface area contributed by atoms with Crippen LogP contribution in [0.4, 0.5) is 8.78 Å². The van der Waals surface area contributed by atoms with Crippen LogP contribution in [0.3, 0.4) is 0 Å². The zero-order valence-electron chi connectivity index (χ0n) is 9.57. The Balaban J connectivity index is 2.29. The van der Waals surface area contributed by atoms with E-state index < -0.39 is 17.7 Å². The molecular weight excluding hydrogens is 306 g/mol. The maximum Gasteiger partial charge on any atom is 0.133 e. The van der Waals surface area contributed by atoms with Crippen LogP contribution in [-0.4, -0.2) is 14.7 Å². The van der Waals surface area contributed by atoms with Crippen LogP contribution in [-0.2, 0) is 13.5 Å². The fraction of sp³-hybridized carbons (Fsp3) is 0.250. The first-order valence-corrected chi connectivity index (χ1v) is 6.07. The molecule has 0 bridgehead atoms. The fourth-order valence-corrected chi connectivity index (χ4v) is 2.14. The van der Waals surface area contributed by atoms with Gasteiger partial charge in [-0.1, -0.05) is 15.9 Å². The summed E-state index contributed by atoms with van der Waals surface area (Å²) in [6.45, 7) is 0. The summed E-state index contributed by atoms with van der Waals surface area (Å²) in [5.74, 6) is -0.989. The number of nitrogens with zero attached hydrogens (tertiary/aromatic N) is 2. The summed E-state index contributed by atoms with van der Waals surface area (Å²) in [6, 6.07) is 2.25. The standard InChI is InChI=1S/C12H11BrF2N2O/c1-17-3-2-16-11(17)6-10(18)12-8(14)4-7(13)5-9(12)15/h2-5,10,18H,6H2,1H3. The minimum Gasteiger partial charge on any atom is -0.388 e. The van der Waals surface area contributed by atoms with Gasteiger partial charge in [0.1, 0.15) is 17.5 Å². The first-order chi connectivity index (χ1) is 8.49. The summed E-state index contributed by atoms with van der Waals surface area (Å²) in [7, 11) is 1.75. The van der Waals surface area contributed by atoms with E-state index in [2.05, 4.69) is 20.9 Å². The van der Waals surface area contributed by atoms with Crippen LogP contribution in [0.2, 0.25) is 0 Å². The van der Waals surface area contributed by atoms with Crippen LogP contribution in [0, 0.1) is 11.6 Å². The van der Waals surface area contributed by atoms with Gasteiger partial charge in [0.05, 0.1) is 11.7 Å². The molecule has 0 aliphatic heterocycles. The van der Waals surface area contributed by atoms with Gasteiger partial charge in [-0.15, -0.1) is 0 Å². The van der Waals surface area contributed by atoms with E-state index in [-0.39, 0.29) is 12.0 Å². The SMILES string of the molecule is Cn1ccnc1CC(O)c1c(F)cc(Br)cc1F. The average molecular weight is 317 g/mol. The van der Waals surface area contributed by atoms with E-state index in [1.54, 1.807) is 24.0 Å². The van der Waals surface area contributed by atoms with Gasteiger partial charge in [-0.2, -0.15) is 0 Å². The van der Waals surface area contributed by atoms with Crippen molar-refractivity contribution in [1.29, 1.82) is 0 Å². The lowest BCUT2D eigenvalue weighted by Crippen LogP contribution is -2.10. The van der Waals surface area contributed by atoms with Crippen molar-refractivity contribution in [2.75, 3.05) is 0 Å². The largest absolute Gasteiger partial charge is 0.388 e. The summed E-state index contributed by atoms with van der Waals surface area (Å²) in [6.07, 6.45) is 2.06. The molecule has 0 spiro atoms. The molecule has 1 atom stereocenters. The highest BCUT2D eigenvalue weighted by atomic mass is 79.9. The van der Waals surface area contributed by atoms with Gasteiger partial charge in [-0.25, -0.2) is 13.8 Å². The molecule has 1 unspecified atom stereocenters. The normalized spacial score (nSPS) is 12.7. The predicted octanol–water partition coefficient (Wildman–Crippen LogP) is 2.74. The number of aliphatic hydroxyl groups excluding tert-OH is 1. The van der Waals surface area contributed by atoms with E-state index in [1.807, 2.05) is 0 Å². The molecule has 1 N–H and O–H groups in total. The molecule has 0 radical (unpaired) electrons. The summed E-state index contributed by atoms with van der Waals surface area (Å²) >= 11 is 2.99. The summed E-state index contributed by atoms with van der Waals surface area (Å²) in [5, 5.41) is 9.92. The first kappa shape index (κ1) is 13.2. The Labute approximate surface area is 111 Å². The molecule has 1 aromatic carbocycles. The Hall–Kier alpha value is -1.27. The first-order valence-electron chi connectivity index (χ1n) is 5.27. The zero-order valence-corrected chi connectivity index (χ0v) is 11.2. The van der Waals surface area contributed by atoms with E-state index in [0.717, 1.165) is 12.1 Å². The maximum absolute atomic E-state index is 13.6. The fourth-order valence-electron chi connectivity index (χ4n) is 1.74. The molecule has 0 saturated heterocycles. The van der Waals surface area contributed by atoms with Gasteiger partial charge in [0.15, 0.2) is 0 Å². The van der Waals surface area contributed by atoms with Crippen LogP contribution in [0.1, 0.15) is 17.5 Å². The predicted molar refractivity (Wildman–Crippen MR) is 65.9 cm³/mol. The van der Waals surface area contributed by atoms with Gasteiger partial charge in [0.25, 0.3) is 0 Å². The van der Waals surface area contributed by atoms with Crippen molar-refractivity contribution in [2.45, 2.75) is 12.5 Å². The molecule has 0 amide bonds. The summed E-state index contributed by atoms with van der Waals surface area (Å²) < 4.78 is 29.3. The highest BCUT2D eigenvalue weighted by Gasteiger charge is 2.20. The van der Waals surface area contributed by atoms with E-state index in [4.69, 9.17) is 0 Å². The number of halogens is 3. The van der Waals surface area contributed by atoms with Crippen molar-refractivity contribution in [1.82, 2.24) is 9.55 Å². The number of aryl methyl sites for hydroxylation is 1. The highest BCUT2D eigenvalue weighted by Crippen LogP contribution is 2.26. The van der Waals surface area contributed by atoms with Crippen molar-refractivity contribution in [3.63, 3.8) is 0 Å². The van der Waals surface area contributed by atoms with E-state index in [0.29, 0.717) is 10.3 Å². The Morgan fingerprint density at radius 1 is 1.39 bits per heavy atom. The molecule has 0 aliphatic carbocycles. The number of imidazole rings is 1. The number of rotatable bonds is 3. The smallest absolute Gasteiger partial charge is 0.133 e. The Kier molecular flexibility index (Phi) is 3.77. The van der Waals surface area contributed by atoms with Crippen molar-refractivity contribution in [3.05, 3.63) is 52.0 Å². The van der Waals surface area contributed by atoms with Crippen LogP contribution in [0.25, 0.3) is 0 Å². The molecule has 0 fully saturated rings. The highest BCUT2D eigenvalue weighted by molar-refractivity contribution is 9.10. The Morgan fingerprint density at radius 2 is 2.00 bits per heavy atom. The molecule has 6 heteroatoms. The molecule has 2 rings (SSSR count). The lowest BCUT2D eigenvalue weighted by molar-refractivity contribution is 0.165. The van der Waals surface area contributed by atoms with Gasteiger partial charge in [0.2, 0.25) is 0 Å². The quantitative estimate of drug-likeness (QED) is 0.945. The molecule has 1 heterocycles. The Bertz CT molecular complexity index is 548. The van der Waals surface area contributed by atoms with Crippen LogP contribution in [0.15, 0.2) is 29.0 Å². The van der Waals surface area contributed by atoms with Crippen LogP contribution < -0.4 is 0 Å². The number of aromatic nitrogens is 2. The lowest BCUT2D eigenvalue weighted by atomic mass is 10.0. The van der Waals surface area contributed by atoms with Gasteiger partial charge in [0, 0.05) is 30.3 Å². The van der Waals surface area contributed by atoms with Crippen molar-refractivity contribution >= 4 is 15.9 Å². The molecule has 0 saturated carbocycles. The van der Waals surface area contributed by atoms with Crippen molar-refractivity contribution in [3.8, 4) is 0 Å². The Morgan fingerprint density at radius 3 is 2.50 bits per heavy atom. The second-order valence-electron chi connectivity index (χ2n) is 3.96. The van der Waals surface area contributed by atoms with Gasteiger partial charge in [-0.05, 0) is 12.1 Å². The van der Waals surface area contributed by atoms with E-state index >= 15 is 0 Å². The summed E-state index contributed by atoms with van der Waals surface area (Å²) in [4.78, 5) is 4.01. The zero-order chi connectivity index (χ0) is 13.3. The molecule has 3 nitrogen and oxygen atoms in total. The molecule has 96 valence electrons. The van der Waals surface area contributed by atoms with Crippen molar-refractivity contribution in [2.24, 2.45) is 7.05 Å². The van der Waals surface area contributed by atoms with Crippen molar-refractivity contribution < 1.29 is 13.9 Å². The lowest BCUT2D eigenvalue weighted by Gasteiger charge is -2.13. The molecule has 1 aromatic heterocycles. The summed E-state index contributed by atoms with van der Waals surface area (Å²) in [5.41, 5.74) is -0.332. The molecule has 0 aliphatic rings. The maximum atomic E-state index is 13.6. The molecule has 2 aromatic rings. The van der Waals surface area contributed by atoms with Gasteiger partial charge < -0.3 is 9.67 Å².